The van der Waals surface area contributed by atoms with Crippen LogP contribution in [0.2, 0.25) is 0 Å². The van der Waals surface area contributed by atoms with Crippen LogP contribution in [-0.4, -0.2) is 9.55 Å². The van der Waals surface area contributed by atoms with Gasteiger partial charge in [-0.25, -0.2) is 4.98 Å². The third-order valence-corrected chi connectivity index (χ3v) is 13.1. The van der Waals surface area contributed by atoms with Gasteiger partial charge in [-0.15, -0.1) is 29.4 Å². The summed E-state index contributed by atoms with van der Waals surface area (Å²) < 4.78 is 90.7. The van der Waals surface area contributed by atoms with Gasteiger partial charge in [0.05, 0.1) is 13.7 Å². The molecule has 2 aromatic heterocycles. The number of hydrogen-bond donors (Lipinski definition) is 0. The van der Waals surface area contributed by atoms with Gasteiger partial charge >= 0.3 is 0 Å². The minimum atomic E-state index is -0.724. The summed E-state index contributed by atoms with van der Waals surface area (Å²) in [7, 11) is 0. The molecule has 0 fully saturated rings. The first-order valence-corrected chi connectivity index (χ1v) is 22.5. The van der Waals surface area contributed by atoms with E-state index in [4.69, 9.17) is 13.2 Å². The van der Waals surface area contributed by atoms with Crippen LogP contribution in [0.3, 0.4) is 0 Å². The van der Waals surface area contributed by atoms with Gasteiger partial charge in [-0.1, -0.05) is 167 Å². The van der Waals surface area contributed by atoms with Crippen LogP contribution >= 0.6 is 0 Å². The zero-order valence-corrected chi connectivity index (χ0v) is 41.1. The van der Waals surface area contributed by atoms with E-state index >= 15 is 0 Å². The van der Waals surface area contributed by atoms with E-state index in [1.807, 2.05) is 59.1 Å². The van der Waals surface area contributed by atoms with E-state index in [1.54, 1.807) is 18.2 Å². The predicted molar refractivity (Wildman–Crippen MR) is 281 cm³/mol. The predicted octanol–water partition coefficient (Wildman–Crippen LogP) is 16.4. The Morgan fingerprint density at radius 3 is 1.85 bits per heavy atom. The number of rotatable bonds is 8. The largest absolute Gasteiger partial charge is 0.493 e. The van der Waals surface area contributed by atoms with Crippen molar-refractivity contribution in [3.63, 3.8) is 0 Å². The fourth-order valence-electron chi connectivity index (χ4n) is 9.54. The molecule has 5 heteroatoms. The van der Waals surface area contributed by atoms with E-state index < -0.39 is 65.8 Å². The Kier molecular flexibility index (Phi) is 8.87. The molecular formula is C63H53N4Pt-3. The number of benzene rings is 8. The Morgan fingerprint density at radius 1 is 0.574 bits per heavy atom. The molecule has 8 aromatic carbocycles. The molecule has 1 aliphatic heterocycles. The third-order valence-electron chi connectivity index (χ3n) is 13.1. The van der Waals surface area contributed by atoms with Crippen LogP contribution in [0.25, 0.3) is 61.0 Å². The van der Waals surface area contributed by atoms with Gasteiger partial charge in [0.2, 0.25) is 0 Å². The molecule has 3 heterocycles. The van der Waals surface area contributed by atoms with Crippen LogP contribution in [0.5, 0.6) is 0 Å². The standard InChI is InChI=1S/C63H53N4.Pt/c1-42-20-18-21-43(2)60(42)46-36-49(63(6,7)48-32-33-54-53-26-14-15-29-55(53)67(58(54)39-48)59-40-47(34-35-64-59)62(3,4)5)38-50(37-46)65-41-66(57-31-17-16-30-56(57)65)61-51(44-22-10-8-11-23-44)27-19-28-52(61)45-24-12-9-13-25-45;/h8-37,40-41H,1-7H3;/q-3;/i8D,9D,10D,11D,12D,13D,22D,23D,24D,25D;. The van der Waals surface area contributed by atoms with Crippen molar-refractivity contribution in [2.75, 3.05) is 9.80 Å². The van der Waals surface area contributed by atoms with Crippen molar-refractivity contribution in [2.24, 2.45) is 0 Å². The Balaban J connectivity index is 0.00000688. The number of anilines is 4. The fraction of sp³-hybridized carbons (Fsp3) is 0.143. The Bertz CT molecular complexity index is 3940. The van der Waals surface area contributed by atoms with Crippen LogP contribution < -0.4 is 9.80 Å². The maximum absolute atomic E-state index is 9.18. The molecule has 0 N–H and O–H groups in total. The molecule has 1 aliphatic rings. The van der Waals surface area contributed by atoms with E-state index in [0.29, 0.717) is 17.1 Å². The molecule has 10 aromatic rings. The number of nitrogens with zero attached hydrogens (tertiary/aromatic N) is 4. The maximum Gasteiger partial charge on any atom is 0.135 e. The zero-order valence-electron chi connectivity index (χ0n) is 48.8. The van der Waals surface area contributed by atoms with Gasteiger partial charge in [-0.2, -0.15) is 41.5 Å². The second kappa shape index (κ2) is 17.6. The topological polar surface area (TPSA) is 24.3 Å². The van der Waals surface area contributed by atoms with Crippen molar-refractivity contribution < 1.29 is 34.8 Å². The summed E-state index contributed by atoms with van der Waals surface area (Å²) in [6.45, 7) is 17.0. The molecule has 0 saturated heterocycles. The summed E-state index contributed by atoms with van der Waals surface area (Å²) in [6.07, 6.45) is 1.87. The first kappa shape index (κ1) is 34.3. The molecule has 4 nitrogen and oxygen atoms in total. The minimum absolute atomic E-state index is 0. The van der Waals surface area contributed by atoms with Gasteiger partial charge < -0.3 is 14.4 Å². The number of hydrogen-bond acceptors (Lipinski definition) is 3. The first-order chi connectivity index (χ1) is 36.6. The van der Waals surface area contributed by atoms with Crippen LogP contribution in [0, 0.1) is 32.6 Å². The van der Waals surface area contributed by atoms with Crippen LogP contribution in [0.15, 0.2) is 188 Å². The summed E-state index contributed by atoms with van der Waals surface area (Å²) >= 11 is 0. The van der Waals surface area contributed by atoms with E-state index in [-0.39, 0.29) is 54.4 Å². The molecule has 11 rings (SSSR count). The number of aryl methyl sites for hydroxylation is 2. The zero-order chi connectivity index (χ0) is 54.7. The fourth-order valence-corrected chi connectivity index (χ4v) is 9.54. The SMILES string of the molecule is [2H]c1c([2H])c([2H])c(-c2cccc(-c3c([2H])c([2H])c([2H])c([2H])c3[2H])c2N2[CH-]N(c3[c-]c(C(C)(C)c4[c-]c5c(cc4)c4ccccc4n5-c4cc(C(C)(C)C)ccn4)cc(-c4c(C)cccc4C)c3)c3ccccc32)c([2H])c1[2H].[Pt]. The van der Waals surface area contributed by atoms with Crippen molar-refractivity contribution in [1.82, 2.24) is 9.55 Å². The van der Waals surface area contributed by atoms with E-state index in [0.717, 1.165) is 66.6 Å². The number of fused-ring (bicyclic) bond motifs is 4. The van der Waals surface area contributed by atoms with Gasteiger partial charge in [0.1, 0.15) is 5.82 Å². The van der Waals surface area contributed by atoms with E-state index in [2.05, 4.69) is 132 Å². The van der Waals surface area contributed by atoms with Crippen LogP contribution in [0.4, 0.5) is 22.7 Å². The quantitative estimate of drug-likeness (QED) is 0.142. The number of para-hydroxylation sites is 4. The maximum atomic E-state index is 9.18. The average Bonchev–Trinajstić information content (AvgIpc) is 4.00. The normalized spacial score (nSPS) is 14.8. The van der Waals surface area contributed by atoms with E-state index in [9.17, 15) is 5.48 Å². The minimum Gasteiger partial charge on any atom is -0.493 e. The molecule has 0 spiro atoms. The molecular weight excluding hydrogens is 1010 g/mol. The van der Waals surface area contributed by atoms with Crippen molar-refractivity contribution in [3.05, 3.63) is 235 Å². The molecule has 0 atom stereocenters. The second-order valence-electron chi connectivity index (χ2n) is 18.7. The average molecular weight is 1070 g/mol. The molecule has 0 radical (unpaired) electrons. The summed E-state index contributed by atoms with van der Waals surface area (Å²) in [5.74, 6) is 0.802. The molecule has 0 saturated carbocycles. The Morgan fingerprint density at radius 2 is 1.19 bits per heavy atom. The van der Waals surface area contributed by atoms with Gasteiger partial charge in [-0.3, -0.25) is 0 Å². The van der Waals surface area contributed by atoms with Crippen molar-refractivity contribution >= 4 is 44.6 Å². The summed E-state index contributed by atoms with van der Waals surface area (Å²) in [4.78, 5) is 8.74. The number of pyridine rings is 1. The molecule has 0 bridgehead atoms. The smallest absolute Gasteiger partial charge is 0.135 e. The second-order valence-corrected chi connectivity index (χ2v) is 18.7. The molecule has 0 amide bonds. The van der Waals surface area contributed by atoms with Crippen LogP contribution in [-0.2, 0) is 31.9 Å². The van der Waals surface area contributed by atoms with Gasteiger partial charge in [0, 0.05) is 61.0 Å². The van der Waals surface area contributed by atoms with E-state index in [1.165, 1.54) is 0 Å². The summed E-state index contributed by atoms with van der Waals surface area (Å²) in [5.41, 5.74) is 10.6. The van der Waals surface area contributed by atoms with Gasteiger partial charge in [0.25, 0.3) is 0 Å². The van der Waals surface area contributed by atoms with Crippen LogP contribution in [0.1, 0.15) is 76.1 Å². The molecule has 338 valence electrons. The molecule has 0 unspecified atom stereocenters. The summed E-state index contributed by atoms with van der Waals surface area (Å²) in [6, 6.07) is 42.7. The van der Waals surface area contributed by atoms with Crippen molar-refractivity contribution in [2.45, 2.75) is 59.3 Å². The Labute approximate surface area is 429 Å². The van der Waals surface area contributed by atoms with Crippen molar-refractivity contribution in [1.29, 1.82) is 0 Å². The Hall–Kier alpha value is -7.00. The van der Waals surface area contributed by atoms with Gasteiger partial charge in [-0.05, 0) is 93.8 Å². The third kappa shape index (κ3) is 7.75. The molecule has 68 heavy (non-hydrogen) atoms. The summed E-state index contributed by atoms with van der Waals surface area (Å²) in [5, 5.41) is 2.14. The first-order valence-electron chi connectivity index (χ1n) is 27.5. The number of aromatic nitrogens is 2. The molecule has 0 aliphatic carbocycles. The van der Waals surface area contributed by atoms with Gasteiger partial charge in [0.15, 0.2) is 0 Å². The van der Waals surface area contributed by atoms with Crippen molar-refractivity contribution in [3.8, 4) is 39.2 Å². The monoisotopic (exact) mass is 1070 g/mol.